The number of nitrogens with one attached hydrogen (secondary N) is 2. The number of aromatic amines is 1. The van der Waals surface area contributed by atoms with Crippen LogP contribution in [0.3, 0.4) is 0 Å². The van der Waals surface area contributed by atoms with Crippen molar-refractivity contribution in [3.8, 4) is 0 Å². The number of hydrogen-bond donors (Lipinski definition) is 2. The first kappa shape index (κ1) is 18.7. The van der Waals surface area contributed by atoms with Crippen LogP contribution in [0.5, 0.6) is 0 Å². The minimum atomic E-state index is -0.0424. The van der Waals surface area contributed by atoms with E-state index in [2.05, 4.69) is 48.3 Å². The third kappa shape index (κ3) is 3.54. The molecule has 0 saturated carbocycles. The number of carbonyl (C=O) groups excluding carboxylic acids is 1. The van der Waals surface area contributed by atoms with Gasteiger partial charge in [0.2, 0.25) is 0 Å². The molecule has 5 heteroatoms. The first-order valence-corrected chi connectivity index (χ1v) is 10.2. The van der Waals surface area contributed by atoms with Gasteiger partial charge in [0, 0.05) is 41.2 Å². The number of likely N-dealkylation sites (tertiary alicyclic amines) is 1. The molecule has 2 N–H and O–H groups in total. The highest BCUT2D eigenvalue weighted by molar-refractivity contribution is 5.85. The number of H-pyrrole nitrogens is 1. The average Bonchev–Trinajstić information content (AvgIpc) is 3.06. The van der Waals surface area contributed by atoms with E-state index in [1.165, 1.54) is 21.5 Å². The molecular weight excluding hydrogens is 350 g/mol. The second-order valence-electron chi connectivity index (χ2n) is 7.58. The number of piperidine rings is 1. The monoisotopic (exact) mass is 378 g/mol. The zero-order chi connectivity index (χ0) is 19.5. The van der Waals surface area contributed by atoms with Gasteiger partial charge < -0.3 is 14.6 Å². The van der Waals surface area contributed by atoms with E-state index in [1.807, 2.05) is 19.2 Å². The van der Waals surface area contributed by atoms with Crippen LogP contribution in [0.2, 0.25) is 0 Å². The van der Waals surface area contributed by atoms with Gasteiger partial charge in [0.15, 0.2) is 6.04 Å². The molecule has 5 nitrogen and oxygen atoms in total. The molecule has 1 aliphatic rings. The molecule has 1 atom stereocenters. The van der Waals surface area contributed by atoms with E-state index >= 15 is 0 Å². The number of aromatic nitrogens is 2. The third-order valence-electron chi connectivity index (χ3n) is 5.87. The van der Waals surface area contributed by atoms with E-state index in [1.54, 1.807) is 0 Å². The summed E-state index contributed by atoms with van der Waals surface area (Å²) in [5, 5.41) is 1.26. The molecule has 0 amide bonds. The summed E-state index contributed by atoms with van der Waals surface area (Å²) in [5.41, 5.74) is 4.76. The summed E-state index contributed by atoms with van der Waals surface area (Å²) in [6.07, 6.45) is 3.59. The molecule has 0 bridgehead atoms. The Kier molecular flexibility index (Phi) is 5.44. The molecule has 2 aromatic heterocycles. The number of aryl methyl sites for hydroxylation is 1. The Balaban J connectivity index is 1.68. The van der Waals surface area contributed by atoms with E-state index in [9.17, 15) is 4.79 Å². The molecule has 4 rings (SSSR count). The normalized spacial score (nSPS) is 20.8. The number of hydrogen-bond acceptors (Lipinski definition) is 3. The fourth-order valence-electron chi connectivity index (χ4n) is 4.55. The van der Waals surface area contributed by atoms with Gasteiger partial charge in [-0.15, -0.1) is 0 Å². The van der Waals surface area contributed by atoms with Gasteiger partial charge in [-0.25, -0.2) is 0 Å². The zero-order valence-electron chi connectivity index (χ0n) is 16.6. The molecule has 28 heavy (non-hydrogen) atoms. The van der Waals surface area contributed by atoms with Crippen LogP contribution < -0.4 is 4.90 Å². The Morgan fingerprint density at radius 1 is 1.21 bits per heavy atom. The van der Waals surface area contributed by atoms with Gasteiger partial charge in [0.1, 0.15) is 5.69 Å². The number of quaternary nitrogens is 1. The fourth-order valence-corrected chi connectivity index (χ4v) is 4.55. The number of nitrogens with zero attached hydrogens (tertiary/aromatic N) is 1. The van der Waals surface area contributed by atoms with Crippen molar-refractivity contribution in [1.82, 2.24) is 9.97 Å². The van der Waals surface area contributed by atoms with Gasteiger partial charge in [-0.1, -0.05) is 24.3 Å². The molecule has 3 heterocycles. The lowest BCUT2D eigenvalue weighted by molar-refractivity contribution is -0.931. The van der Waals surface area contributed by atoms with E-state index in [0.717, 1.165) is 37.1 Å². The molecular formula is C23H28N3O2+. The van der Waals surface area contributed by atoms with E-state index in [4.69, 9.17) is 9.72 Å². The van der Waals surface area contributed by atoms with Gasteiger partial charge in [-0.05, 0) is 32.0 Å². The number of para-hydroxylation sites is 1. The van der Waals surface area contributed by atoms with E-state index in [0.29, 0.717) is 6.61 Å². The predicted octanol–water partition coefficient (Wildman–Crippen LogP) is 2.82. The zero-order valence-corrected chi connectivity index (χ0v) is 16.6. The summed E-state index contributed by atoms with van der Waals surface area (Å²) in [6.45, 7) is 6.34. The summed E-state index contributed by atoms with van der Waals surface area (Å²) in [6, 6.07) is 14.8. The van der Waals surface area contributed by atoms with Crippen LogP contribution in [0.4, 0.5) is 0 Å². The first-order valence-electron chi connectivity index (χ1n) is 10.2. The van der Waals surface area contributed by atoms with Crippen LogP contribution in [0.15, 0.2) is 48.7 Å². The maximum atomic E-state index is 12.2. The summed E-state index contributed by atoms with van der Waals surface area (Å²) in [4.78, 5) is 21.9. The lowest BCUT2D eigenvalue weighted by atomic mass is 9.92. The maximum Gasteiger partial charge on any atom is 0.309 e. The Bertz CT molecular complexity index is 943. The van der Waals surface area contributed by atoms with Crippen LogP contribution in [-0.4, -0.2) is 35.6 Å². The van der Waals surface area contributed by atoms with Crippen molar-refractivity contribution in [2.45, 2.75) is 32.7 Å². The van der Waals surface area contributed by atoms with Gasteiger partial charge in [0.25, 0.3) is 0 Å². The molecule has 1 aromatic carbocycles. The van der Waals surface area contributed by atoms with Crippen LogP contribution in [0, 0.1) is 12.8 Å². The first-order chi connectivity index (χ1) is 13.7. The standard InChI is InChI=1S/C23H27N3O2/c1-3-28-23(27)17-11-14-26(15-12-17)22(20-10-6-7-13-24-20)21-16(2)25-19-9-5-4-8-18(19)21/h4-10,13,17,22,25H,3,11-12,14-15H2,1-2H3/p+1/t22-/m1/s1. The smallest absolute Gasteiger partial charge is 0.309 e. The summed E-state index contributed by atoms with van der Waals surface area (Å²) in [5.74, 6) is -0.0173. The second-order valence-corrected chi connectivity index (χ2v) is 7.58. The van der Waals surface area contributed by atoms with E-state index < -0.39 is 0 Å². The van der Waals surface area contributed by atoms with Crippen molar-refractivity contribution in [2.24, 2.45) is 5.92 Å². The average molecular weight is 378 g/mol. The quantitative estimate of drug-likeness (QED) is 0.671. The van der Waals surface area contributed by atoms with Crippen molar-refractivity contribution in [3.63, 3.8) is 0 Å². The van der Waals surface area contributed by atoms with Gasteiger partial charge in [-0.2, -0.15) is 0 Å². The largest absolute Gasteiger partial charge is 0.466 e. The van der Waals surface area contributed by atoms with Crippen molar-refractivity contribution in [3.05, 3.63) is 65.6 Å². The molecule has 1 aliphatic heterocycles. The molecule has 0 radical (unpaired) electrons. The predicted molar refractivity (Wildman–Crippen MR) is 109 cm³/mol. The Morgan fingerprint density at radius 3 is 2.68 bits per heavy atom. The SMILES string of the molecule is CCOC(=O)C1CC[NH+]([C@H](c2ccccn2)c2c(C)[nH]c3ccccc23)CC1. The molecule has 146 valence electrons. The maximum absolute atomic E-state index is 12.2. The van der Waals surface area contributed by atoms with Crippen molar-refractivity contribution in [2.75, 3.05) is 19.7 Å². The molecule has 0 unspecified atom stereocenters. The van der Waals surface area contributed by atoms with Crippen LogP contribution >= 0.6 is 0 Å². The number of pyridine rings is 1. The summed E-state index contributed by atoms with van der Waals surface area (Å²) >= 11 is 0. The van der Waals surface area contributed by atoms with E-state index in [-0.39, 0.29) is 17.9 Å². The third-order valence-corrected chi connectivity index (χ3v) is 5.87. The lowest BCUT2D eigenvalue weighted by Crippen LogP contribution is -3.13. The van der Waals surface area contributed by atoms with Crippen molar-refractivity contribution in [1.29, 1.82) is 0 Å². The molecule has 0 spiro atoms. The van der Waals surface area contributed by atoms with Gasteiger partial charge in [-0.3, -0.25) is 9.78 Å². The fraction of sp³-hybridized carbons (Fsp3) is 0.391. The Morgan fingerprint density at radius 2 is 1.96 bits per heavy atom. The van der Waals surface area contributed by atoms with Crippen molar-refractivity contribution >= 4 is 16.9 Å². The highest BCUT2D eigenvalue weighted by Gasteiger charge is 2.36. The second kappa shape index (κ2) is 8.15. The van der Waals surface area contributed by atoms with Gasteiger partial charge in [0.05, 0.1) is 25.6 Å². The summed E-state index contributed by atoms with van der Waals surface area (Å²) in [7, 11) is 0. The lowest BCUT2D eigenvalue weighted by Gasteiger charge is -2.34. The highest BCUT2D eigenvalue weighted by atomic mass is 16.5. The summed E-state index contributed by atoms with van der Waals surface area (Å²) < 4.78 is 5.25. The number of benzene rings is 1. The minimum absolute atomic E-state index is 0.0251. The van der Waals surface area contributed by atoms with Crippen LogP contribution in [-0.2, 0) is 9.53 Å². The molecule has 0 aliphatic carbocycles. The molecule has 1 saturated heterocycles. The van der Waals surface area contributed by atoms with Crippen molar-refractivity contribution < 1.29 is 14.4 Å². The number of ether oxygens (including phenoxy) is 1. The minimum Gasteiger partial charge on any atom is -0.466 e. The topological polar surface area (TPSA) is 59.4 Å². The van der Waals surface area contributed by atoms with Gasteiger partial charge >= 0.3 is 5.97 Å². The number of esters is 1. The number of carbonyl (C=O) groups is 1. The molecule has 1 fully saturated rings. The van der Waals surface area contributed by atoms with Crippen LogP contribution in [0.1, 0.15) is 42.8 Å². The highest BCUT2D eigenvalue weighted by Crippen LogP contribution is 2.30. The number of rotatable bonds is 5. The molecule has 3 aromatic rings. The Hall–Kier alpha value is -2.66. The Labute approximate surface area is 165 Å². The van der Waals surface area contributed by atoms with Crippen LogP contribution in [0.25, 0.3) is 10.9 Å². The number of fused-ring (bicyclic) bond motifs is 1.